The molecule has 0 fully saturated rings. The van der Waals surface area contributed by atoms with E-state index in [4.69, 9.17) is 9.97 Å². The molecule has 0 spiro atoms. The minimum atomic E-state index is 0.704. The lowest BCUT2D eigenvalue weighted by Gasteiger charge is -2.14. The molecule has 8 aromatic rings. The predicted octanol–water partition coefficient (Wildman–Crippen LogP) is 9.73. The Kier molecular flexibility index (Phi) is 5.46. The predicted molar refractivity (Wildman–Crippen MR) is 170 cm³/mol. The monoisotopic (exact) mass is 523 g/mol. The third-order valence-electron chi connectivity index (χ3n) is 7.78. The highest BCUT2D eigenvalue weighted by Gasteiger charge is 2.18. The number of rotatable bonds is 4. The van der Waals surface area contributed by atoms with Crippen molar-refractivity contribution in [1.29, 1.82) is 0 Å². The van der Waals surface area contributed by atoms with Crippen molar-refractivity contribution >= 4 is 32.7 Å². The van der Waals surface area contributed by atoms with E-state index in [9.17, 15) is 0 Å². The van der Waals surface area contributed by atoms with Gasteiger partial charge in [0, 0.05) is 21.7 Å². The van der Waals surface area contributed by atoms with Crippen molar-refractivity contribution in [2.24, 2.45) is 0 Å². The summed E-state index contributed by atoms with van der Waals surface area (Å²) in [6.45, 7) is 0. The molecule has 0 aliphatic heterocycles. The number of nitrogens with zero attached hydrogens (tertiary/aromatic N) is 3. The fourth-order valence-corrected chi connectivity index (χ4v) is 5.86. The van der Waals surface area contributed by atoms with Crippen molar-refractivity contribution in [3.63, 3.8) is 0 Å². The Morgan fingerprint density at radius 3 is 1.41 bits per heavy atom. The van der Waals surface area contributed by atoms with Crippen molar-refractivity contribution in [2.75, 3.05) is 0 Å². The molecule has 2 heterocycles. The first-order valence-electron chi connectivity index (χ1n) is 13.9. The summed E-state index contributed by atoms with van der Waals surface area (Å²) in [6.07, 6.45) is 0. The summed E-state index contributed by atoms with van der Waals surface area (Å²) in [5.74, 6) is 1.59. The Labute approximate surface area is 238 Å². The van der Waals surface area contributed by atoms with Crippen LogP contribution in [0.15, 0.2) is 152 Å². The Bertz CT molecular complexity index is 2080. The molecule has 0 saturated carbocycles. The Balaban J connectivity index is 1.43. The van der Waals surface area contributed by atoms with Crippen molar-refractivity contribution in [2.45, 2.75) is 0 Å². The van der Waals surface area contributed by atoms with Gasteiger partial charge in [-0.1, -0.05) is 109 Å². The van der Waals surface area contributed by atoms with E-state index in [0.717, 1.165) is 55.6 Å². The van der Waals surface area contributed by atoms with E-state index in [1.54, 1.807) is 0 Å². The zero-order valence-corrected chi connectivity index (χ0v) is 22.3. The van der Waals surface area contributed by atoms with Gasteiger partial charge in [-0.15, -0.1) is 0 Å². The maximum Gasteiger partial charge on any atom is 0.162 e. The van der Waals surface area contributed by atoms with Gasteiger partial charge < -0.3 is 0 Å². The van der Waals surface area contributed by atoms with Crippen LogP contribution in [0.4, 0.5) is 0 Å². The van der Waals surface area contributed by atoms with E-state index >= 15 is 0 Å². The van der Waals surface area contributed by atoms with Gasteiger partial charge in [-0.05, 0) is 64.7 Å². The fourth-order valence-electron chi connectivity index (χ4n) is 5.86. The average molecular weight is 524 g/mol. The third-order valence-corrected chi connectivity index (χ3v) is 7.78. The molecular formula is C38H25N3. The summed E-state index contributed by atoms with van der Waals surface area (Å²) in [5, 5.41) is 3.44. The summed E-state index contributed by atoms with van der Waals surface area (Å²) in [5.41, 5.74) is 8.76. The van der Waals surface area contributed by atoms with Crippen LogP contribution in [0.25, 0.3) is 72.2 Å². The van der Waals surface area contributed by atoms with E-state index < -0.39 is 0 Å². The second kappa shape index (κ2) is 9.58. The molecule has 8 rings (SSSR count). The van der Waals surface area contributed by atoms with Crippen LogP contribution in [0.1, 0.15) is 0 Å². The van der Waals surface area contributed by atoms with Crippen LogP contribution in [0.5, 0.6) is 0 Å². The summed E-state index contributed by atoms with van der Waals surface area (Å²) >= 11 is 0. The first kappa shape index (κ1) is 23.4. The van der Waals surface area contributed by atoms with Gasteiger partial charge in [0.05, 0.1) is 16.6 Å². The minimum absolute atomic E-state index is 0.704. The van der Waals surface area contributed by atoms with Gasteiger partial charge in [0.1, 0.15) is 5.82 Å². The SMILES string of the molecule is c1ccc(-c2cc(-c3ccccc3)cc(-c3nc(-n4c5ccccc5c5ccccc54)c4ccccc4n3)c2)cc1. The molecule has 3 heteroatoms. The molecule has 0 atom stereocenters. The summed E-state index contributed by atoms with van der Waals surface area (Å²) < 4.78 is 2.29. The van der Waals surface area contributed by atoms with Crippen molar-refractivity contribution < 1.29 is 0 Å². The third kappa shape index (κ3) is 3.98. The van der Waals surface area contributed by atoms with Gasteiger partial charge >= 0.3 is 0 Å². The lowest BCUT2D eigenvalue weighted by molar-refractivity contribution is 1.08. The zero-order chi connectivity index (χ0) is 27.2. The average Bonchev–Trinajstić information content (AvgIpc) is 3.39. The molecule has 0 bridgehead atoms. The van der Waals surface area contributed by atoms with Crippen LogP contribution in [-0.4, -0.2) is 14.5 Å². The first-order valence-corrected chi connectivity index (χ1v) is 13.9. The van der Waals surface area contributed by atoms with Crippen LogP contribution in [0, 0.1) is 0 Å². The standard InChI is InChI=1S/C38H25N3/c1-3-13-26(14-4-1)28-23-29(27-15-5-2-6-16-27)25-30(24-28)37-39-34-20-10-7-19-33(34)38(40-37)41-35-21-11-8-17-31(35)32-18-9-12-22-36(32)41/h1-25H. The minimum Gasteiger partial charge on any atom is -0.293 e. The van der Waals surface area contributed by atoms with Gasteiger partial charge in [0.25, 0.3) is 0 Å². The highest BCUT2D eigenvalue weighted by Crippen LogP contribution is 2.36. The van der Waals surface area contributed by atoms with Gasteiger partial charge in [-0.2, -0.15) is 0 Å². The number of benzene rings is 6. The normalized spacial score (nSPS) is 11.4. The lowest BCUT2D eigenvalue weighted by Crippen LogP contribution is -2.02. The summed E-state index contributed by atoms with van der Waals surface area (Å²) in [6, 6.07) is 53.1. The largest absolute Gasteiger partial charge is 0.293 e. The Morgan fingerprint density at radius 1 is 0.366 bits per heavy atom. The second-order valence-electron chi connectivity index (χ2n) is 10.3. The molecule has 0 saturated heterocycles. The number of para-hydroxylation sites is 3. The van der Waals surface area contributed by atoms with Crippen LogP contribution in [0.2, 0.25) is 0 Å². The molecule has 6 aromatic carbocycles. The molecule has 0 N–H and O–H groups in total. The van der Waals surface area contributed by atoms with Gasteiger partial charge in [-0.25, -0.2) is 9.97 Å². The molecule has 2 aromatic heterocycles. The first-order chi connectivity index (χ1) is 20.3. The molecule has 41 heavy (non-hydrogen) atoms. The van der Waals surface area contributed by atoms with E-state index in [1.165, 1.54) is 10.8 Å². The van der Waals surface area contributed by atoms with Crippen LogP contribution >= 0.6 is 0 Å². The van der Waals surface area contributed by atoms with Crippen LogP contribution in [0.3, 0.4) is 0 Å². The van der Waals surface area contributed by atoms with Crippen molar-refractivity contribution in [3.05, 3.63) is 152 Å². The van der Waals surface area contributed by atoms with Crippen LogP contribution < -0.4 is 0 Å². The van der Waals surface area contributed by atoms with Gasteiger partial charge in [0.2, 0.25) is 0 Å². The van der Waals surface area contributed by atoms with E-state index in [1.807, 2.05) is 6.07 Å². The highest BCUT2D eigenvalue weighted by atomic mass is 15.1. The molecule has 0 unspecified atom stereocenters. The highest BCUT2D eigenvalue weighted by molar-refractivity contribution is 6.10. The maximum absolute atomic E-state index is 5.34. The summed E-state index contributed by atoms with van der Waals surface area (Å²) in [7, 11) is 0. The molecule has 0 aliphatic carbocycles. The smallest absolute Gasteiger partial charge is 0.162 e. The molecule has 0 radical (unpaired) electrons. The second-order valence-corrected chi connectivity index (χ2v) is 10.3. The van der Waals surface area contributed by atoms with Gasteiger partial charge in [-0.3, -0.25) is 4.57 Å². The number of hydrogen-bond donors (Lipinski definition) is 0. The van der Waals surface area contributed by atoms with E-state index in [-0.39, 0.29) is 0 Å². The molecular weight excluding hydrogens is 498 g/mol. The topological polar surface area (TPSA) is 30.7 Å². The zero-order valence-electron chi connectivity index (χ0n) is 22.3. The summed E-state index contributed by atoms with van der Waals surface area (Å²) in [4.78, 5) is 10.5. The van der Waals surface area contributed by atoms with Gasteiger partial charge in [0.15, 0.2) is 5.82 Å². The number of aromatic nitrogens is 3. The Morgan fingerprint density at radius 2 is 0.829 bits per heavy atom. The number of hydrogen-bond acceptors (Lipinski definition) is 2. The molecule has 0 aliphatic rings. The lowest BCUT2D eigenvalue weighted by atomic mass is 9.96. The van der Waals surface area contributed by atoms with E-state index in [0.29, 0.717) is 5.82 Å². The number of fused-ring (bicyclic) bond motifs is 4. The molecule has 192 valence electrons. The van der Waals surface area contributed by atoms with Crippen molar-refractivity contribution in [3.8, 4) is 39.5 Å². The Hall–Kier alpha value is -5.54. The quantitative estimate of drug-likeness (QED) is 0.230. The molecule has 3 nitrogen and oxygen atoms in total. The van der Waals surface area contributed by atoms with Crippen molar-refractivity contribution in [1.82, 2.24) is 14.5 Å². The molecule has 0 amide bonds. The maximum atomic E-state index is 5.34. The van der Waals surface area contributed by atoms with Crippen LogP contribution in [-0.2, 0) is 0 Å². The van der Waals surface area contributed by atoms with E-state index in [2.05, 4.69) is 150 Å². The fraction of sp³-hybridized carbons (Fsp3) is 0.